The number of esters is 1. The van der Waals surface area contributed by atoms with E-state index in [1.165, 1.54) is 0 Å². The SMILES string of the molecule is CC(Br)=CCCC(=O)OC(C)C. The van der Waals surface area contributed by atoms with Crippen molar-refractivity contribution < 1.29 is 9.53 Å². The molecule has 0 heterocycles. The van der Waals surface area contributed by atoms with Gasteiger partial charge in [0.2, 0.25) is 0 Å². The summed E-state index contributed by atoms with van der Waals surface area (Å²) in [5, 5.41) is 0. The molecular weight excluding hydrogens is 220 g/mol. The van der Waals surface area contributed by atoms with Gasteiger partial charge >= 0.3 is 5.97 Å². The Balaban J connectivity index is 3.51. The lowest BCUT2D eigenvalue weighted by Gasteiger charge is -2.06. The molecule has 0 unspecified atom stereocenters. The van der Waals surface area contributed by atoms with E-state index >= 15 is 0 Å². The Morgan fingerprint density at radius 2 is 2.17 bits per heavy atom. The van der Waals surface area contributed by atoms with Crippen LogP contribution in [0.1, 0.15) is 33.6 Å². The predicted molar refractivity (Wildman–Crippen MR) is 53.1 cm³/mol. The van der Waals surface area contributed by atoms with Crippen molar-refractivity contribution in [3.63, 3.8) is 0 Å². The van der Waals surface area contributed by atoms with E-state index < -0.39 is 0 Å². The van der Waals surface area contributed by atoms with Crippen LogP contribution < -0.4 is 0 Å². The van der Waals surface area contributed by atoms with Crippen LogP contribution in [0.15, 0.2) is 10.6 Å². The average molecular weight is 235 g/mol. The lowest BCUT2D eigenvalue weighted by Crippen LogP contribution is -2.10. The quantitative estimate of drug-likeness (QED) is 0.700. The first-order valence-electron chi connectivity index (χ1n) is 4.04. The van der Waals surface area contributed by atoms with Gasteiger partial charge in [0.05, 0.1) is 6.10 Å². The maximum absolute atomic E-state index is 11.0. The van der Waals surface area contributed by atoms with Crippen LogP contribution in [0.4, 0.5) is 0 Å². The largest absolute Gasteiger partial charge is 0.463 e. The standard InChI is InChI=1S/C9H15BrO2/c1-7(2)12-9(11)6-4-5-8(3)10/h5,7H,4,6H2,1-3H3. The van der Waals surface area contributed by atoms with Crippen molar-refractivity contribution in [3.8, 4) is 0 Å². The monoisotopic (exact) mass is 234 g/mol. The summed E-state index contributed by atoms with van der Waals surface area (Å²) in [6, 6.07) is 0. The highest BCUT2D eigenvalue weighted by Crippen LogP contribution is 2.06. The molecule has 0 rings (SSSR count). The molecule has 0 aromatic heterocycles. The molecule has 0 saturated carbocycles. The number of carbonyl (C=O) groups excluding carboxylic acids is 1. The molecule has 0 radical (unpaired) electrons. The Labute approximate surface area is 82.1 Å². The minimum Gasteiger partial charge on any atom is -0.463 e. The van der Waals surface area contributed by atoms with Crippen molar-refractivity contribution in [1.82, 2.24) is 0 Å². The summed E-state index contributed by atoms with van der Waals surface area (Å²) in [7, 11) is 0. The second kappa shape index (κ2) is 6.23. The zero-order chi connectivity index (χ0) is 9.56. The summed E-state index contributed by atoms with van der Waals surface area (Å²) in [4.78, 5) is 11.0. The molecule has 70 valence electrons. The second-order valence-electron chi connectivity index (χ2n) is 2.87. The number of halogens is 1. The van der Waals surface area contributed by atoms with Gasteiger partial charge in [0.1, 0.15) is 0 Å². The van der Waals surface area contributed by atoms with Gasteiger partial charge in [-0.1, -0.05) is 22.0 Å². The van der Waals surface area contributed by atoms with Gasteiger partial charge in [-0.2, -0.15) is 0 Å². The molecule has 0 saturated heterocycles. The number of hydrogen-bond acceptors (Lipinski definition) is 2. The predicted octanol–water partition coefficient (Wildman–Crippen LogP) is 3.02. The molecule has 0 aromatic rings. The summed E-state index contributed by atoms with van der Waals surface area (Å²) in [5.74, 6) is -0.130. The van der Waals surface area contributed by atoms with Crippen molar-refractivity contribution in [3.05, 3.63) is 10.6 Å². The van der Waals surface area contributed by atoms with Crippen LogP contribution in [0.3, 0.4) is 0 Å². The Kier molecular flexibility index (Phi) is 6.07. The third-order valence-corrected chi connectivity index (χ3v) is 1.46. The van der Waals surface area contributed by atoms with E-state index in [1.54, 1.807) is 0 Å². The maximum atomic E-state index is 11.0. The smallest absolute Gasteiger partial charge is 0.306 e. The molecule has 0 amide bonds. The lowest BCUT2D eigenvalue weighted by molar-refractivity contribution is -0.147. The van der Waals surface area contributed by atoms with Crippen LogP contribution in [-0.2, 0) is 9.53 Å². The molecule has 12 heavy (non-hydrogen) atoms. The van der Waals surface area contributed by atoms with E-state index in [4.69, 9.17) is 4.74 Å². The Morgan fingerprint density at radius 1 is 1.58 bits per heavy atom. The van der Waals surface area contributed by atoms with Crippen molar-refractivity contribution in [2.75, 3.05) is 0 Å². The summed E-state index contributed by atoms with van der Waals surface area (Å²) in [5.41, 5.74) is 0. The van der Waals surface area contributed by atoms with Crippen LogP contribution in [0.5, 0.6) is 0 Å². The Hall–Kier alpha value is -0.310. The van der Waals surface area contributed by atoms with E-state index in [9.17, 15) is 4.79 Å². The minimum atomic E-state index is -0.130. The van der Waals surface area contributed by atoms with Gasteiger partial charge in [-0.3, -0.25) is 4.79 Å². The van der Waals surface area contributed by atoms with Gasteiger partial charge in [0.25, 0.3) is 0 Å². The first-order chi connectivity index (χ1) is 5.52. The summed E-state index contributed by atoms with van der Waals surface area (Å²) in [6.07, 6.45) is 3.15. The molecule has 0 aromatic carbocycles. The summed E-state index contributed by atoms with van der Waals surface area (Å²) < 4.78 is 6.00. The third kappa shape index (κ3) is 7.79. The van der Waals surface area contributed by atoms with Crippen molar-refractivity contribution >= 4 is 21.9 Å². The van der Waals surface area contributed by atoms with Gasteiger partial charge in [-0.15, -0.1) is 0 Å². The average Bonchev–Trinajstić information content (AvgIpc) is 1.84. The van der Waals surface area contributed by atoms with Gasteiger partial charge in [0, 0.05) is 6.42 Å². The van der Waals surface area contributed by atoms with Gasteiger partial charge in [-0.05, 0) is 31.7 Å². The molecule has 0 aliphatic rings. The van der Waals surface area contributed by atoms with Gasteiger partial charge in [-0.25, -0.2) is 0 Å². The Morgan fingerprint density at radius 3 is 2.58 bits per heavy atom. The maximum Gasteiger partial charge on any atom is 0.306 e. The van der Waals surface area contributed by atoms with E-state index in [1.807, 2.05) is 26.8 Å². The molecular formula is C9H15BrO2. The normalized spacial score (nSPS) is 11.9. The van der Waals surface area contributed by atoms with E-state index in [2.05, 4.69) is 15.9 Å². The van der Waals surface area contributed by atoms with Gasteiger partial charge < -0.3 is 4.74 Å². The molecule has 0 aliphatic carbocycles. The number of carbonyl (C=O) groups is 1. The molecule has 3 heteroatoms. The molecule has 2 nitrogen and oxygen atoms in total. The minimum absolute atomic E-state index is 0.00783. The summed E-state index contributed by atoms with van der Waals surface area (Å²) >= 11 is 3.28. The number of ether oxygens (including phenoxy) is 1. The fourth-order valence-corrected chi connectivity index (χ4v) is 0.940. The van der Waals surface area contributed by atoms with Crippen LogP contribution in [0, 0.1) is 0 Å². The van der Waals surface area contributed by atoms with Crippen LogP contribution in [-0.4, -0.2) is 12.1 Å². The highest BCUT2D eigenvalue weighted by molar-refractivity contribution is 9.11. The Bertz CT molecular complexity index is 169. The highest BCUT2D eigenvalue weighted by Gasteiger charge is 2.02. The fourth-order valence-electron chi connectivity index (χ4n) is 0.711. The lowest BCUT2D eigenvalue weighted by atomic mass is 10.3. The van der Waals surface area contributed by atoms with E-state index in [-0.39, 0.29) is 12.1 Å². The van der Waals surface area contributed by atoms with Crippen LogP contribution in [0.2, 0.25) is 0 Å². The van der Waals surface area contributed by atoms with Crippen LogP contribution >= 0.6 is 15.9 Å². The molecule has 0 spiro atoms. The van der Waals surface area contributed by atoms with Crippen LogP contribution in [0.25, 0.3) is 0 Å². The fraction of sp³-hybridized carbons (Fsp3) is 0.667. The highest BCUT2D eigenvalue weighted by atomic mass is 79.9. The first kappa shape index (κ1) is 11.7. The number of allylic oxidation sites excluding steroid dienone is 2. The van der Waals surface area contributed by atoms with E-state index in [0.29, 0.717) is 6.42 Å². The number of hydrogen-bond donors (Lipinski definition) is 0. The second-order valence-corrected chi connectivity index (χ2v) is 4.12. The van der Waals surface area contributed by atoms with Crippen molar-refractivity contribution in [1.29, 1.82) is 0 Å². The van der Waals surface area contributed by atoms with Crippen molar-refractivity contribution in [2.24, 2.45) is 0 Å². The topological polar surface area (TPSA) is 26.3 Å². The zero-order valence-corrected chi connectivity index (χ0v) is 9.35. The molecule has 0 bridgehead atoms. The molecule has 0 N–H and O–H groups in total. The first-order valence-corrected chi connectivity index (χ1v) is 4.83. The third-order valence-electron chi connectivity index (χ3n) is 1.14. The molecule has 0 aliphatic heterocycles. The van der Waals surface area contributed by atoms with E-state index in [0.717, 1.165) is 10.9 Å². The summed E-state index contributed by atoms with van der Waals surface area (Å²) in [6.45, 7) is 5.64. The van der Waals surface area contributed by atoms with Crippen molar-refractivity contribution in [2.45, 2.75) is 39.7 Å². The molecule has 0 fully saturated rings. The molecule has 0 atom stereocenters. The number of rotatable bonds is 4. The van der Waals surface area contributed by atoms with Gasteiger partial charge in [0.15, 0.2) is 0 Å². The zero-order valence-electron chi connectivity index (χ0n) is 7.76.